The number of amides is 3. The van der Waals surface area contributed by atoms with Crippen molar-refractivity contribution in [3.63, 3.8) is 0 Å². The van der Waals surface area contributed by atoms with Crippen LogP contribution in [0.5, 0.6) is 0 Å². The van der Waals surface area contributed by atoms with Gasteiger partial charge in [-0.15, -0.1) is 0 Å². The summed E-state index contributed by atoms with van der Waals surface area (Å²) in [6.07, 6.45) is 7.74. The molecular weight excluding hydrogens is 1250 g/mol. The number of rotatable bonds is 16. The highest BCUT2D eigenvalue weighted by Crippen LogP contribution is 2.33. The number of nitrogens with two attached hydrogens (primary N) is 3. The van der Waals surface area contributed by atoms with Crippen LogP contribution in [0.2, 0.25) is 0 Å². The number of halogens is 6. The second-order valence-electron chi connectivity index (χ2n) is 22.0. The number of anilines is 3. The summed E-state index contributed by atoms with van der Waals surface area (Å²) in [6.45, 7) is 6.99. The fourth-order valence-electron chi connectivity index (χ4n) is 10.7. The van der Waals surface area contributed by atoms with Crippen molar-refractivity contribution in [3.05, 3.63) is 227 Å². The Hall–Kier alpha value is -12.1. The van der Waals surface area contributed by atoms with Crippen LogP contribution in [0.25, 0.3) is 67.3 Å². The van der Waals surface area contributed by atoms with Crippen molar-refractivity contribution in [2.24, 2.45) is 0 Å². The van der Waals surface area contributed by atoms with E-state index in [2.05, 4.69) is 62.4 Å². The number of likely N-dealkylation sites (tertiary alicyclic amines) is 1. The summed E-state index contributed by atoms with van der Waals surface area (Å²) >= 11 is 0. The minimum atomic E-state index is -0.592. The molecule has 22 nitrogen and oxygen atoms in total. The number of nitrogens with one attached hydrogen (secondary N) is 2. The number of piperidine rings is 1. The zero-order chi connectivity index (χ0) is 67.7. The Kier molecular flexibility index (Phi) is 19.6. The molecule has 0 bridgehead atoms. The van der Waals surface area contributed by atoms with E-state index in [9.17, 15) is 40.7 Å². The highest BCUT2D eigenvalue weighted by atomic mass is 19.1. The molecule has 1 fully saturated rings. The van der Waals surface area contributed by atoms with Gasteiger partial charge in [-0.05, 0) is 62.1 Å². The van der Waals surface area contributed by atoms with Crippen molar-refractivity contribution in [1.29, 1.82) is 0 Å². The summed E-state index contributed by atoms with van der Waals surface area (Å²) in [6, 6.07) is 32.2. The van der Waals surface area contributed by atoms with E-state index in [4.69, 9.17) is 22.3 Å². The normalized spacial score (nSPS) is 12.1. The third-order valence-electron chi connectivity index (χ3n) is 15.4. The molecule has 1 saturated heterocycles. The molecule has 6 aromatic carbocycles. The number of carbonyl (C=O) groups is 3. The van der Waals surface area contributed by atoms with E-state index in [0.29, 0.717) is 58.2 Å². The van der Waals surface area contributed by atoms with E-state index in [0.717, 1.165) is 25.7 Å². The molecule has 0 aliphatic carbocycles. The average Bonchev–Trinajstić information content (AvgIpc) is 1.62. The van der Waals surface area contributed by atoms with Crippen LogP contribution in [-0.4, -0.2) is 113 Å². The number of aliphatic hydroxyl groups is 1. The Balaban J connectivity index is 0.000000146. The predicted molar refractivity (Wildman–Crippen MR) is 348 cm³/mol. The number of hydrogen-bond acceptors (Lipinski definition) is 16. The maximum absolute atomic E-state index is 14.8. The van der Waals surface area contributed by atoms with E-state index < -0.39 is 40.8 Å². The van der Waals surface area contributed by atoms with E-state index in [1.807, 2.05) is 6.92 Å². The maximum atomic E-state index is 14.8. The van der Waals surface area contributed by atoms with Gasteiger partial charge in [0.2, 0.25) is 0 Å². The van der Waals surface area contributed by atoms with Crippen LogP contribution in [0.3, 0.4) is 0 Å². The summed E-state index contributed by atoms with van der Waals surface area (Å²) in [7, 11) is 0. The first-order valence-electron chi connectivity index (χ1n) is 30.1. The van der Waals surface area contributed by atoms with Gasteiger partial charge < -0.3 is 37.8 Å². The molecule has 12 aromatic rings. The predicted octanol–water partition coefficient (Wildman–Crippen LogP) is 10.8. The van der Waals surface area contributed by atoms with Gasteiger partial charge in [0, 0.05) is 71.1 Å². The van der Waals surface area contributed by atoms with Gasteiger partial charge in [-0.2, -0.15) is 15.3 Å². The van der Waals surface area contributed by atoms with Crippen LogP contribution >= 0.6 is 0 Å². The summed E-state index contributed by atoms with van der Waals surface area (Å²) in [5.74, 6) is -3.84. The number of benzene rings is 6. The van der Waals surface area contributed by atoms with Gasteiger partial charge in [-0.1, -0.05) is 104 Å². The average molecular weight is 1310 g/mol. The lowest BCUT2D eigenvalue weighted by molar-refractivity contribution is 0.0724. The SMILES string of the molecule is C=C(O)CNC(=O)c1cnc(-c2nn(Cc3ccccc3F)c3c(F)cccc23)nc1N.CCCNC(=O)c1cnc(-c2nn(Cc3ccccc3F)c3c(F)cccc23)nc1N.Nc1nc(-c2nn(Cc3ccccc3F)c3c(F)cccc23)ncc1C(=O)N1CCCCC1. The van der Waals surface area contributed by atoms with Crippen LogP contribution in [0.15, 0.2) is 158 Å². The molecule has 1 aliphatic heterocycles. The van der Waals surface area contributed by atoms with Gasteiger partial charge in [0.15, 0.2) is 17.5 Å². The Morgan fingerprint density at radius 3 is 1.17 bits per heavy atom. The van der Waals surface area contributed by atoms with Crippen molar-refractivity contribution in [2.75, 3.05) is 43.4 Å². The lowest BCUT2D eigenvalue weighted by atomic mass is 10.1. The zero-order valence-electron chi connectivity index (χ0n) is 51.3. The third kappa shape index (κ3) is 14.1. The minimum Gasteiger partial charge on any atom is -0.511 e. The highest BCUT2D eigenvalue weighted by molar-refractivity contribution is 6.01. The largest absolute Gasteiger partial charge is 0.511 e. The number of para-hydroxylation sites is 3. The molecule has 488 valence electrons. The molecule has 0 atom stereocenters. The Morgan fingerprint density at radius 1 is 0.479 bits per heavy atom. The summed E-state index contributed by atoms with van der Waals surface area (Å²) in [5, 5.41) is 29.0. The molecule has 7 heterocycles. The Bertz CT molecular complexity index is 4940. The molecule has 0 unspecified atom stereocenters. The maximum Gasteiger partial charge on any atom is 0.259 e. The monoisotopic (exact) mass is 1310 g/mol. The number of nitrogens with zero attached hydrogens (tertiary/aromatic N) is 13. The fourth-order valence-corrected chi connectivity index (χ4v) is 10.7. The van der Waals surface area contributed by atoms with Gasteiger partial charge in [-0.3, -0.25) is 28.4 Å². The van der Waals surface area contributed by atoms with Gasteiger partial charge in [0.25, 0.3) is 17.7 Å². The van der Waals surface area contributed by atoms with Crippen molar-refractivity contribution >= 4 is 67.9 Å². The van der Waals surface area contributed by atoms with Crippen LogP contribution in [0.4, 0.5) is 43.8 Å². The molecule has 3 amide bonds. The van der Waals surface area contributed by atoms with Crippen molar-refractivity contribution in [1.82, 2.24) is 74.8 Å². The minimum absolute atomic E-state index is 0.00345. The number of aliphatic hydroxyl groups excluding tert-OH is 1. The quantitative estimate of drug-likeness (QED) is 0.0387. The molecule has 96 heavy (non-hydrogen) atoms. The summed E-state index contributed by atoms with van der Waals surface area (Å²) in [4.78, 5) is 64.4. The summed E-state index contributed by atoms with van der Waals surface area (Å²) in [5.41, 5.74) is 20.9. The number of carbonyl (C=O) groups excluding carboxylic acids is 3. The van der Waals surface area contributed by atoms with Gasteiger partial charge >= 0.3 is 0 Å². The first-order chi connectivity index (χ1) is 46.4. The number of fused-ring (bicyclic) bond motifs is 3. The second kappa shape index (κ2) is 28.8. The van der Waals surface area contributed by atoms with E-state index in [-0.39, 0.29) is 123 Å². The molecule has 28 heteroatoms. The molecular formula is C68H60F6N18O4. The number of nitrogen functional groups attached to an aromatic ring is 3. The molecule has 9 N–H and O–H groups in total. The smallest absolute Gasteiger partial charge is 0.259 e. The second-order valence-corrected chi connectivity index (χ2v) is 22.0. The fraction of sp³-hybridized carbons (Fsp3) is 0.176. The molecule has 0 radical (unpaired) electrons. The number of aromatic nitrogens is 12. The van der Waals surface area contributed by atoms with E-state index >= 15 is 0 Å². The first-order valence-corrected chi connectivity index (χ1v) is 30.1. The lowest BCUT2D eigenvalue weighted by Crippen LogP contribution is -2.36. The molecule has 13 rings (SSSR count). The van der Waals surface area contributed by atoms with Crippen molar-refractivity contribution in [3.8, 4) is 34.6 Å². The summed E-state index contributed by atoms with van der Waals surface area (Å²) < 4.78 is 90.8. The zero-order valence-corrected chi connectivity index (χ0v) is 51.3. The van der Waals surface area contributed by atoms with E-state index in [1.165, 1.54) is 75.1 Å². The Morgan fingerprint density at radius 2 is 0.823 bits per heavy atom. The third-order valence-corrected chi connectivity index (χ3v) is 15.4. The van der Waals surface area contributed by atoms with Crippen LogP contribution < -0.4 is 27.8 Å². The van der Waals surface area contributed by atoms with Gasteiger partial charge in [0.05, 0.1) is 37.3 Å². The van der Waals surface area contributed by atoms with Crippen LogP contribution in [0.1, 0.15) is 80.4 Å². The van der Waals surface area contributed by atoms with Gasteiger partial charge in [-0.25, -0.2) is 56.2 Å². The number of hydrogen-bond donors (Lipinski definition) is 6. The lowest BCUT2D eigenvalue weighted by Gasteiger charge is -2.26. The first kappa shape index (κ1) is 65.4. The molecule has 6 aromatic heterocycles. The van der Waals surface area contributed by atoms with Crippen LogP contribution in [-0.2, 0) is 19.6 Å². The Labute approximate surface area is 543 Å². The van der Waals surface area contributed by atoms with Gasteiger partial charge in [0.1, 0.15) is 97.3 Å². The highest BCUT2D eigenvalue weighted by Gasteiger charge is 2.27. The molecule has 0 spiro atoms. The van der Waals surface area contributed by atoms with E-state index in [1.54, 1.807) is 89.8 Å². The standard InChI is InChI=1S/C24H22F2N6O.C22H18F2N6O2.C22H20F2N6O/c25-18-9-3-2-7-15(18)14-32-21-16(8-6-10-19(21)26)20(30-32)23-28-13-17(22(27)29-23)24(33)31-11-4-1-5-12-31;1-12(31)9-27-22(32)15-10-26-21(28-20(15)25)18-14-6-4-8-17(24)19(14)30(29-18)11-13-5-2-3-7-16(13)23;1-2-10-26-22(31)15-11-27-21(28-20(15)25)18-14-7-5-9-17(24)19(14)30(29-18)12-13-6-3-4-8-16(13)23/h2-3,6-10,13H,1,4-5,11-12,14H2,(H2,27,28,29);2-8,10,31H,1,9,11H2,(H,27,32)(H2,25,26,28);3-9,11H,2,10,12H2,1H3,(H,26,31)(H2,25,27,28). The molecule has 0 saturated carbocycles. The topological polar surface area (TPSA) is 308 Å². The van der Waals surface area contributed by atoms with Crippen LogP contribution in [0, 0.1) is 34.9 Å². The molecule has 1 aliphatic rings. The van der Waals surface area contributed by atoms with Crippen molar-refractivity contribution < 1.29 is 45.8 Å². The van der Waals surface area contributed by atoms with Crippen molar-refractivity contribution in [2.45, 2.75) is 52.2 Å².